The van der Waals surface area contributed by atoms with Crippen LogP contribution in [0.5, 0.6) is 5.75 Å². The van der Waals surface area contributed by atoms with Crippen LogP contribution < -0.4 is 9.46 Å². The minimum absolute atomic E-state index is 0.0321. The number of nitrogens with one attached hydrogen (secondary N) is 1. The fourth-order valence-corrected chi connectivity index (χ4v) is 5.69. The molecule has 2 atom stereocenters. The van der Waals surface area contributed by atoms with E-state index in [-0.39, 0.29) is 50.6 Å². The SMILES string of the molecule is CO[C@H]1CCC(Oc2cc(Cl)c(C#N)cc2NS(=O)(=O)c2cc(C(O)O)ccc2C2CC2)C1. The average molecular weight is 493 g/mol. The Bertz CT molecular complexity index is 1190. The quantitative estimate of drug-likeness (QED) is 0.477. The number of nitriles is 1. The third-order valence-corrected chi connectivity index (χ3v) is 7.77. The van der Waals surface area contributed by atoms with Gasteiger partial charge in [-0.2, -0.15) is 5.26 Å². The monoisotopic (exact) mass is 492 g/mol. The molecule has 2 aliphatic carbocycles. The van der Waals surface area contributed by atoms with Gasteiger partial charge in [-0.25, -0.2) is 8.42 Å². The van der Waals surface area contributed by atoms with Crippen LogP contribution in [0.4, 0.5) is 5.69 Å². The molecule has 2 aromatic carbocycles. The molecule has 0 saturated heterocycles. The topological polar surface area (TPSA) is 129 Å². The summed E-state index contributed by atoms with van der Waals surface area (Å²) in [7, 11) is -2.50. The Hall–Kier alpha value is -2.35. The molecule has 2 fully saturated rings. The normalized spacial score (nSPS) is 20.6. The highest BCUT2D eigenvalue weighted by atomic mass is 35.5. The molecular formula is C23H25ClN2O6S. The number of hydrogen-bond donors (Lipinski definition) is 3. The van der Waals surface area contributed by atoms with Gasteiger partial charge in [0, 0.05) is 25.2 Å². The van der Waals surface area contributed by atoms with E-state index >= 15 is 0 Å². The zero-order valence-corrected chi connectivity index (χ0v) is 19.6. The summed E-state index contributed by atoms with van der Waals surface area (Å²) in [5.74, 6) is 0.317. The van der Waals surface area contributed by atoms with Crippen LogP contribution in [0, 0.1) is 11.3 Å². The largest absolute Gasteiger partial charge is 0.488 e. The van der Waals surface area contributed by atoms with Crippen molar-refractivity contribution in [2.24, 2.45) is 0 Å². The number of hydrogen-bond acceptors (Lipinski definition) is 7. The number of aliphatic hydroxyl groups excluding tert-OH is 1. The molecule has 10 heteroatoms. The average Bonchev–Trinajstić information content (AvgIpc) is 3.53. The second-order valence-corrected chi connectivity index (χ2v) is 10.5. The fourth-order valence-electron chi connectivity index (χ4n) is 4.09. The Balaban J connectivity index is 1.70. The predicted octanol–water partition coefficient (Wildman–Crippen LogP) is 3.82. The third-order valence-electron chi connectivity index (χ3n) is 6.04. The van der Waals surface area contributed by atoms with Crippen molar-refractivity contribution in [3.8, 4) is 11.8 Å². The second kappa shape index (κ2) is 9.49. The maximum atomic E-state index is 13.4. The minimum Gasteiger partial charge on any atom is -0.488 e. The van der Waals surface area contributed by atoms with Gasteiger partial charge in [0.05, 0.1) is 27.3 Å². The highest BCUT2D eigenvalue weighted by molar-refractivity contribution is 7.92. The molecule has 0 aliphatic heterocycles. The number of aliphatic hydroxyl groups is 2. The van der Waals surface area contributed by atoms with E-state index in [0.717, 1.165) is 25.7 Å². The maximum Gasteiger partial charge on any atom is 0.262 e. The smallest absolute Gasteiger partial charge is 0.262 e. The van der Waals surface area contributed by atoms with Crippen LogP contribution in [0.2, 0.25) is 5.02 Å². The van der Waals surface area contributed by atoms with Gasteiger partial charge in [-0.05, 0) is 49.3 Å². The molecule has 0 spiro atoms. The number of ether oxygens (including phenoxy) is 2. The summed E-state index contributed by atoms with van der Waals surface area (Å²) in [6, 6.07) is 9.13. The van der Waals surface area contributed by atoms with Gasteiger partial charge in [0.25, 0.3) is 10.0 Å². The van der Waals surface area contributed by atoms with Crippen LogP contribution in [0.25, 0.3) is 0 Å². The van der Waals surface area contributed by atoms with Crippen LogP contribution in [0.1, 0.15) is 61.0 Å². The molecule has 4 rings (SSSR count). The van der Waals surface area contributed by atoms with Crippen LogP contribution in [0.15, 0.2) is 35.2 Å². The zero-order valence-electron chi connectivity index (χ0n) is 18.0. The molecule has 2 saturated carbocycles. The molecule has 1 unspecified atom stereocenters. The standard InChI is InChI=1S/C23H25ClN2O6S/c1-31-16-5-6-17(10-16)32-21-11-19(24)15(12-25)8-20(21)26-33(29,30)22-9-14(23(27)28)4-7-18(22)13-2-3-13/h4,7-9,11,13,16-17,23,26-28H,2-3,5-6,10H2,1H3/t16-,17?/m0/s1. The van der Waals surface area contributed by atoms with E-state index in [1.54, 1.807) is 13.2 Å². The first kappa shape index (κ1) is 23.8. The zero-order chi connectivity index (χ0) is 23.8. The van der Waals surface area contributed by atoms with Crippen LogP contribution in [-0.4, -0.2) is 37.9 Å². The lowest BCUT2D eigenvalue weighted by atomic mass is 10.1. The Kier molecular flexibility index (Phi) is 6.84. The van der Waals surface area contributed by atoms with E-state index in [2.05, 4.69) is 4.72 Å². The number of nitrogens with zero attached hydrogens (tertiary/aromatic N) is 1. The van der Waals surface area contributed by atoms with Gasteiger partial charge >= 0.3 is 0 Å². The number of rotatable bonds is 8. The summed E-state index contributed by atoms with van der Waals surface area (Å²) in [6.07, 6.45) is 2.03. The van der Waals surface area contributed by atoms with Crippen molar-refractivity contribution in [1.29, 1.82) is 5.26 Å². The first-order chi connectivity index (χ1) is 15.7. The summed E-state index contributed by atoms with van der Waals surface area (Å²) >= 11 is 6.20. The van der Waals surface area contributed by atoms with E-state index < -0.39 is 16.3 Å². The van der Waals surface area contributed by atoms with Crippen molar-refractivity contribution in [2.45, 2.75) is 61.4 Å². The van der Waals surface area contributed by atoms with Crippen LogP contribution in [0.3, 0.4) is 0 Å². The van der Waals surface area contributed by atoms with E-state index in [0.29, 0.717) is 12.0 Å². The highest BCUT2D eigenvalue weighted by Gasteiger charge is 2.32. The number of halogens is 1. The van der Waals surface area contributed by atoms with E-state index in [1.807, 2.05) is 6.07 Å². The molecule has 8 nitrogen and oxygen atoms in total. The third kappa shape index (κ3) is 5.26. The number of sulfonamides is 1. The van der Waals surface area contributed by atoms with Crippen molar-refractivity contribution < 1.29 is 28.1 Å². The molecule has 33 heavy (non-hydrogen) atoms. The molecule has 2 aliphatic rings. The van der Waals surface area contributed by atoms with E-state index in [1.165, 1.54) is 24.3 Å². The van der Waals surface area contributed by atoms with Gasteiger partial charge in [-0.1, -0.05) is 23.7 Å². The Morgan fingerprint density at radius 3 is 2.48 bits per heavy atom. The Morgan fingerprint density at radius 2 is 1.88 bits per heavy atom. The molecule has 0 amide bonds. The minimum atomic E-state index is -4.14. The van der Waals surface area contributed by atoms with Crippen LogP contribution in [-0.2, 0) is 14.8 Å². The van der Waals surface area contributed by atoms with Crippen molar-refractivity contribution in [3.63, 3.8) is 0 Å². The predicted molar refractivity (Wildman–Crippen MR) is 122 cm³/mol. The number of benzene rings is 2. The molecule has 0 aromatic heterocycles. The lowest BCUT2D eigenvalue weighted by molar-refractivity contribution is -0.0426. The van der Waals surface area contributed by atoms with Crippen molar-refractivity contribution in [2.75, 3.05) is 11.8 Å². The molecule has 0 heterocycles. The lowest BCUT2D eigenvalue weighted by Crippen LogP contribution is -2.19. The first-order valence-electron chi connectivity index (χ1n) is 10.7. The van der Waals surface area contributed by atoms with E-state index in [4.69, 9.17) is 21.1 Å². The lowest BCUT2D eigenvalue weighted by Gasteiger charge is -2.20. The van der Waals surface area contributed by atoms with Crippen molar-refractivity contribution in [1.82, 2.24) is 0 Å². The molecule has 0 bridgehead atoms. The summed E-state index contributed by atoms with van der Waals surface area (Å²) in [5, 5.41) is 28.7. The molecule has 0 radical (unpaired) electrons. The maximum absolute atomic E-state index is 13.4. The Labute approximate surface area is 197 Å². The fraction of sp³-hybridized carbons (Fsp3) is 0.435. The molecular weight excluding hydrogens is 468 g/mol. The van der Waals surface area contributed by atoms with Gasteiger partial charge in [0.2, 0.25) is 0 Å². The van der Waals surface area contributed by atoms with Gasteiger partial charge in [0.15, 0.2) is 6.29 Å². The van der Waals surface area contributed by atoms with Crippen LogP contribution >= 0.6 is 11.6 Å². The Morgan fingerprint density at radius 1 is 1.15 bits per heavy atom. The summed E-state index contributed by atoms with van der Waals surface area (Å²) in [4.78, 5) is -0.0321. The van der Waals surface area contributed by atoms with Gasteiger partial charge in [0.1, 0.15) is 17.9 Å². The number of anilines is 1. The highest BCUT2D eigenvalue weighted by Crippen LogP contribution is 2.44. The van der Waals surface area contributed by atoms with E-state index in [9.17, 15) is 23.9 Å². The van der Waals surface area contributed by atoms with Gasteiger partial charge < -0.3 is 19.7 Å². The molecule has 176 valence electrons. The molecule has 2 aromatic rings. The van der Waals surface area contributed by atoms with Gasteiger partial charge in [-0.3, -0.25) is 4.72 Å². The first-order valence-corrected chi connectivity index (χ1v) is 12.5. The summed E-state index contributed by atoms with van der Waals surface area (Å²) in [6.45, 7) is 0. The summed E-state index contributed by atoms with van der Waals surface area (Å²) in [5.41, 5.74) is 0.877. The van der Waals surface area contributed by atoms with Crippen molar-refractivity contribution in [3.05, 3.63) is 52.0 Å². The van der Waals surface area contributed by atoms with Crippen molar-refractivity contribution >= 4 is 27.3 Å². The molecule has 3 N–H and O–H groups in total. The summed E-state index contributed by atoms with van der Waals surface area (Å²) < 4.78 is 40.9. The number of methoxy groups -OCH3 is 1. The second-order valence-electron chi connectivity index (χ2n) is 8.40. The van der Waals surface area contributed by atoms with Gasteiger partial charge in [-0.15, -0.1) is 0 Å².